The highest BCUT2D eigenvalue weighted by atomic mass is 79.9. The first-order valence-corrected chi connectivity index (χ1v) is 8.30. The van der Waals surface area contributed by atoms with E-state index in [1.807, 2.05) is 25.1 Å². The van der Waals surface area contributed by atoms with E-state index in [1.165, 1.54) is 12.8 Å². The van der Waals surface area contributed by atoms with Crippen molar-refractivity contribution >= 4 is 21.8 Å². The van der Waals surface area contributed by atoms with Crippen molar-refractivity contribution in [2.24, 2.45) is 5.73 Å². The van der Waals surface area contributed by atoms with Gasteiger partial charge in [0, 0.05) is 16.6 Å². The summed E-state index contributed by atoms with van der Waals surface area (Å²) in [4.78, 5) is 11.9. The van der Waals surface area contributed by atoms with Gasteiger partial charge in [0.25, 0.3) is 5.91 Å². The summed E-state index contributed by atoms with van der Waals surface area (Å²) in [5.74, 6) is 0.689. The van der Waals surface area contributed by atoms with Crippen LogP contribution in [-0.4, -0.2) is 24.6 Å². The van der Waals surface area contributed by atoms with Crippen LogP contribution >= 0.6 is 15.9 Å². The Kier molecular flexibility index (Phi) is 6.06. The van der Waals surface area contributed by atoms with Crippen molar-refractivity contribution in [1.29, 1.82) is 0 Å². The molecule has 0 bridgehead atoms. The van der Waals surface area contributed by atoms with Crippen molar-refractivity contribution < 1.29 is 9.53 Å². The van der Waals surface area contributed by atoms with Crippen LogP contribution in [0.4, 0.5) is 0 Å². The second-order valence-corrected chi connectivity index (χ2v) is 6.69. The minimum absolute atomic E-state index is 0.0448. The lowest BCUT2D eigenvalue weighted by atomic mass is 10.1. The first kappa shape index (κ1) is 16.3. The SMILES string of the molecule is CC(N)Cc1cc(Br)ccc1OCC(=O)NC1CCCC1. The molecule has 4 nitrogen and oxygen atoms in total. The van der Waals surface area contributed by atoms with E-state index in [4.69, 9.17) is 10.5 Å². The highest BCUT2D eigenvalue weighted by Gasteiger charge is 2.17. The van der Waals surface area contributed by atoms with E-state index in [1.54, 1.807) is 0 Å². The minimum atomic E-state index is -0.0448. The molecule has 1 unspecified atom stereocenters. The van der Waals surface area contributed by atoms with E-state index in [9.17, 15) is 4.79 Å². The van der Waals surface area contributed by atoms with E-state index in [2.05, 4.69) is 21.2 Å². The number of carbonyl (C=O) groups excluding carboxylic acids is 1. The van der Waals surface area contributed by atoms with Crippen LogP contribution in [0.15, 0.2) is 22.7 Å². The molecule has 0 saturated heterocycles. The van der Waals surface area contributed by atoms with Crippen LogP contribution in [0.2, 0.25) is 0 Å². The summed E-state index contributed by atoms with van der Waals surface area (Å²) < 4.78 is 6.66. The molecule has 1 aromatic rings. The van der Waals surface area contributed by atoms with Crippen LogP contribution in [0.5, 0.6) is 5.75 Å². The third-order valence-electron chi connectivity index (χ3n) is 3.64. The maximum absolute atomic E-state index is 11.9. The number of benzene rings is 1. The van der Waals surface area contributed by atoms with Gasteiger partial charge in [0.15, 0.2) is 6.61 Å². The van der Waals surface area contributed by atoms with Crippen LogP contribution < -0.4 is 15.8 Å². The van der Waals surface area contributed by atoms with Crippen molar-refractivity contribution in [1.82, 2.24) is 5.32 Å². The molecule has 1 fully saturated rings. The number of carbonyl (C=O) groups is 1. The number of hydrogen-bond acceptors (Lipinski definition) is 3. The molecule has 0 spiro atoms. The number of amides is 1. The Morgan fingerprint density at radius 1 is 1.48 bits per heavy atom. The number of ether oxygens (including phenoxy) is 1. The van der Waals surface area contributed by atoms with Gasteiger partial charge in [-0.15, -0.1) is 0 Å². The number of rotatable bonds is 6. The van der Waals surface area contributed by atoms with Crippen molar-refractivity contribution in [2.45, 2.75) is 51.1 Å². The fourth-order valence-corrected chi connectivity index (χ4v) is 3.09. The Bertz CT molecular complexity index is 485. The van der Waals surface area contributed by atoms with Crippen LogP contribution in [0.25, 0.3) is 0 Å². The number of nitrogens with two attached hydrogens (primary N) is 1. The van der Waals surface area contributed by atoms with Crippen molar-refractivity contribution in [3.8, 4) is 5.75 Å². The topological polar surface area (TPSA) is 64.3 Å². The van der Waals surface area contributed by atoms with Gasteiger partial charge in [-0.2, -0.15) is 0 Å². The smallest absolute Gasteiger partial charge is 0.258 e. The molecule has 0 radical (unpaired) electrons. The molecule has 1 atom stereocenters. The van der Waals surface area contributed by atoms with Gasteiger partial charge in [-0.25, -0.2) is 0 Å². The quantitative estimate of drug-likeness (QED) is 0.825. The Morgan fingerprint density at radius 2 is 2.19 bits per heavy atom. The number of halogens is 1. The van der Waals surface area contributed by atoms with Crippen LogP contribution in [0, 0.1) is 0 Å². The van der Waals surface area contributed by atoms with Crippen molar-refractivity contribution in [3.63, 3.8) is 0 Å². The first-order valence-electron chi connectivity index (χ1n) is 7.51. The second-order valence-electron chi connectivity index (χ2n) is 5.77. The Balaban J connectivity index is 1.90. The Hall–Kier alpha value is -1.07. The molecule has 1 saturated carbocycles. The summed E-state index contributed by atoms with van der Waals surface area (Å²) in [5, 5.41) is 3.02. The van der Waals surface area contributed by atoms with E-state index < -0.39 is 0 Å². The monoisotopic (exact) mass is 354 g/mol. The van der Waals surface area contributed by atoms with Crippen LogP contribution in [-0.2, 0) is 11.2 Å². The molecule has 3 N–H and O–H groups in total. The van der Waals surface area contributed by atoms with Gasteiger partial charge in [0.05, 0.1) is 0 Å². The average Bonchev–Trinajstić information content (AvgIpc) is 2.90. The summed E-state index contributed by atoms with van der Waals surface area (Å²) in [6, 6.07) is 6.16. The summed E-state index contributed by atoms with van der Waals surface area (Å²) in [6.07, 6.45) is 5.30. The molecule has 21 heavy (non-hydrogen) atoms. The minimum Gasteiger partial charge on any atom is -0.483 e. The molecule has 0 aliphatic heterocycles. The van der Waals surface area contributed by atoms with E-state index >= 15 is 0 Å². The number of hydrogen-bond donors (Lipinski definition) is 2. The second kappa shape index (κ2) is 7.80. The molecule has 5 heteroatoms. The van der Waals surface area contributed by atoms with Gasteiger partial charge in [-0.1, -0.05) is 28.8 Å². The largest absolute Gasteiger partial charge is 0.483 e. The zero-order valence-corrected chi connectivity index (χ0v) is 14.0. The van der Waals surface area contributed by atoms with Gasteiger partial charge in [-0.3, -0.25) is 4.79 Å². The average molecular weight is 355 g/mol. The molecular weight excluding hydrogens is 332 g/mol. The summed E-state index contributed by atoms with van der Waals surface area (Å²) in [7, 11) is 0. The molecule has 0 aromatic heterocycles. The zero-order chi connectivity index (χ0) is 15.2. The summed E-state index contributed by atoms with van der Waals surface area (Å²) in [5.41, 5.74) is 6.88. The van der Waals surface area contributed by atoms with Gasteiger partial charge < -0.3 is 15.8 Å². The highest BCUT2D eigenvalue weighted by molar-refractivity contribution is 9.10. The fraction of sp³-hybridized carbons (Fsp3) is 0.562. The van der Waals surface area contributed by atoms with E-state index in [0.717, 1.165) is 35.0 Å². The van der Waals surface area contributed by atoms with Gasteiger partial charge in [0.2, 0.25) is 0 Å². The lowest BCUT2D eigenvalue weighted by molar-refractivity contribution is -0.123. The van der Waals surface area contributed by atoms with Gasteiger partial charge >= 0.3 is 0 Å². The molecule has 1 amide bonds. The summed E-state index contributed by atoms with van der Waals surface area (Å²) >= 11 is 3.45. The third-order valence-corrected chi connectivity index (χ3v) is 4.14. The van der Waals surface area contributed by atoms with E-state index in [-0.39, 0.29) is 18.6 Å². The van der Waals surface area contributed by atoms with Crippen molar-refractivity contribution in [3.05, 3.63) is 28.2 Å². The predicted molar refractivity (Wildman–Crippen MR) is 87.4 cm³/mol. The molecule has 1 aromatic carbocycles. The molecule has 0 heterocycles. The normalized spacial score (nSPS) is 16.7. The van der Waals surface area contributed by atoms with Crippen LogP contribution in [0.1, 0.15) is 38.2 Å². The standard InChI is InChI=1S/C16H23BrN2O2/c1-11(18)8-12-9-13(17)6-7-15(12)21-10-16(20)19-14-4-2-3-5-14/h6-7,9,11,14H,2-5,8,10,18H2,1H3,(H,19,20). The van der Waals surface area contributed by atoms with E-state index in [0.29, 0.717) is 6.04 Å². The predicted octanol–water partition coefficient (Wildman–Crippen LogP) is 2.78. The van der Waals surface area contributed by atoms with Gasteiger partial charge in [-0.05, 0) is 49.9 Å². The lowest BCUT2D eigenvalue weighted by Crippen LogP contribution is -2.36. The maximum atomic E-state index is 11.9. The molecule has 1 aliphatic carbocycles. The molecule has 2 rings (SSSR count). The highest BCUT2D eigenvalue weighted by Crippen LogP contribution is 2.24. The summed E-state index contributed by atoms with van der Waals surface area (Å²) in [6.45, 7) is 2.02. The van der Waals surface area contributed by atoms with Crippen molar-refractivity contribution in [2.75, 3.05) is 6.61 Å². The Morgan fingerprint density at radius 3 is 2.86 bits per heavy atom. The fourth-order valence-electron chi connectivity index (χ4n) is 2.68. The zero-order valence-electron chi connectivity index (χ0n) is 12.4. The lowest BCUT2D eigenvalue weighted by Gasteiger charge is -2.15. The Labute approximate surface area is 134 Å². The van der Waals surface area contributed by atoms with Gasteiger partial charge in [0.1, 0.15) is 5.75 Å². The number of nitrogens with one attached hydrogen (secondary N) is 1. The molecule has 116 valence electrons. The molecule has 1 aliphatic rings. The molecular formula is C16H23BrN2O2. The first-order chi connectivity index (χ1) is 10.0. The maximum Gasteiger partial charge on any atom is 0.258 e. The third kappa shape index (κ3) is 5.32. The van der Waals surface area contributed by atoms with Crippen LogP contribution in [0.3, 0.4) is 0 Å².